The largest absolute Gasteiger partial charge is 0.378 e. The zero-order valence-electron chi connectivity index (χ0n) is 15.5. The number of hydrogen-bond donors (Lipinski definition) is 2. The summed E-state index contributed by atoms with van der Waals surface area (Å²) in [6, 6.07) is 13.2. The Morgan fingerprint density at radius 1 is 1.11 bits per heavy atom. The van der Waals surface area contributed by atoms with Crippen LogP contribution < -0.4 is 15.5 Å². The van der Waals surface area contributed by atoms with Crippen LogP contribution >= 0.6 is 0 Å². The quantitative estimate of drug-likeness (QED) is 0.703. The Morgan fingerprint density at radius 2 is 1.93 bits per heavy atom. The molecule has 0 atom stereocenters. The molecule has 8 nitrogen and oxygen atoms in total. The van der Waals surface area contributed by atoms with Gasteiger partial charge >= 0.3 is 0 Å². The minimum atomic E-state index is -0.291. The third-order valence-corrected chi connectivity index (χ3v) is 4.41. The molecule has 8 heteroatoms. The average Bonchev–Trinajstić information content (AvgIpc) is 3.14. The Bertz CT molecular complexity index is 948. The van der Waals surface area contributed by atoms with Gasteiger partial charge in [-0.15, -0.1) is 0 Å². The monoisotopic (exact) mass is 379 g/mol. The Kier molecular flexibility index (Phi) is 5.20. The zero-order chi connectivity index (χ0) is 19.3. The highest BCUT2D eigenvalue weighted by Crippen LogP contribution is 2.28. The molecule has 1 amide bonds. The molecule has 2 aromatic heterocycles. The standard InChI is InChI=1S/C20H21N5O3/c1-14-12-19(24-28-14)23-20(26)15-6-7-18(21-13-15)22-16-4-2-3-5-17(16)25-8-10-27-11-9-25/h2-7,12-13H,8-11H2,1H3,(H,21,22)(H,23,24,26). The maximum Gasteiger partial charge on any atom is 0.258 e. The van der Waals surface area contributed by atoms with E-state index in [1.807, 2.05) is 18.2 Å². The van der Waals surface area contributed by atoms with Gasteiger partial charge in [0, 0.05) is 25.4 Å². The number of aryl methyl sites for hydroxylation is 1. The molecule has 0 saturated carbocycles. The first-order chi connectivity index (χ1) is 13.7. The van der Waals surface area contributed by atoms with Crippen LogP contribution in [-0.4, -0.2) is 42.4 Å². The third kappa shape index (κ3) is 4.12. The van der Waals surface area contributed by atoms with Crippen molar-refractivity contribution in [1.82, 2.24) is 10.1 Å². The number of rotatable bonds is 5. The molecule has 3 heterocycles. The highest BCUT2D eigenvalue weighted by atomic mass is 16.5. The van der Waals surface area contributed by atoms with Crippen LogP contribution in [0.4, 0.5) is 23.0 Å². The summed E-state index contributed by atoms with van der Waals surface area (Å²) in [5.41, 5.74) is 2.51. The summed E-state index contributed by atoms with van der Waals surface area (Å²) in [7, 11) is 0. The number of para-hydroxylation sites is 2. The van der Waals surface area contributed by atoms with Crippen molar-refractivity contribution in [1.29, 1.82) is 0 Å². The van der Waals surface area contributed by atoms with E-state index in [9.17, 15) is 4.79 Å². The van der Waals surface area contributed by atoms with Crippen molar-refractivity contribution in [3.05, 3.63) is 60.0 Å². The first-order valence-electron chi connectivity index (χ1n) is 9.08. The number of aromatic nitrogens is 2. The molecule has 0 radical (unpaired) electrons. The summed E-state index contributed by atoms with van der Waals surface area (Å²) >= 11 is 0. The van der Waals surface area contributed by atoms with Gasteiger partial charge in [-0.05, 0) is 31.2 Å². The summed E-state index contributed by atoms with van der Waals surface area (Å²) in [5, 5.41) is 9.77. The average molecular weight is 379 g/mol. The molecule has 144 valence electrons. The number of anilines is 4. The molecule has 2 N–H and O–H groups in total. The number of amides is 1. The first-order valence-corrected chi connectivity index (χ1v) is 9.08. The number of morpholine rings is 1. The molecule has 1 aliphatic rings. The predicted octanol–water partition coefficient (Wildman–Crippen LogP) is 3.21. The van der Waals surface area contributed by atoms with Gasteiger partial charge in [0.15, 0.2) is 5.82 Å². The number of hydrogen-bond acceptors (Lipinski definition) is 7. The molecule has 0 unspecified atom stereocenters. The van der Waals surface area contributed by atoms with Crippen molar-refractivity contribution in [2.75, 3.05) is 41.8 Å². The number of pyridine rings is 1. The normalized spacial score (nSPS) is 14.0. The van der Waals surface area contributed by atoms with Crippen LogP contribution in [0.1, 0.15) is 16.1 Å². The molecule has 0 aliphatic carbocycles. The maximum absolute atomic E-state index is 12.3. The van der Waals surface area contributed by atoms with Crippen LogP contribution in [0.2, 0.25) is 0 Å². The lowest BCUT2D eigenvalue weighted by Gasteiger charge is -2.30. The summed E-state index contributed by atoms with van der Waals surface area (Å²) in [5.74, 6) is 1.38. The van der Waals surface area contributed by atoms with E-state index < -0.39 is 0 Å². The van der Waals surface area contributed by atoms with E-state index in [2.05, 4.69) is 31.7 Å². The van der Waals surface area contributed by atoms with Gasteiger partial charge in [-0.3, -0.25) is 4.79 Å². The van der Waals surface area contributed by atoms with E-state index in [0.29, 0.717) is 23.0 Å². The van der Waals surface area contributed by atoms with Crippen molar-refractivity contribution in [3.63, 3.8) is 0 Å². The van der Waals surface area contributed by atoms with E-state index in [0.717, 1.165) is 37.7 Å². The summed E-state index contributed by atoms with van der Waals surface area (Å²) in [4.78, 5) is 18.9. The fraction of sp³-hybridized carbons (Fsp3) is 0.250. The number of benzene rings is 1. The van der Waals surface area contributed by atoms with Gasteiger partial charge in [-0.25, -0.2) is 4.98 Å². The second-order valence-electron chi connectivity index (χ2n) is 6.45. The fourth-order valence-electron chi connectivity index (χ4n) is 3.01. The smallest absolute Gasteiger partial charge is 0.258 e. The third-order valence-electron chi connectivity index (χ3n) is 4.41. The Morgan fingerprint density at radius 3 is 2.64 bits per heavy atom. The van der Waals surface area contributed by atoms with Crippen LogP contribution in [-0.2, 0) is 4.74 Å². The van der Waals surface area contributed by atoms with Crippen molar-refractivity contribution in [2.24, 2.45) is 0 Å². The fourth-order valence-corrected chi connectivity index (χ4v) is 3.01. The van der Waals surface area contributed by atoms with E-state index in [1.165, 1.54) is 6.20 Å². The minimum Gasteiger partial charge on any atom is -0.378 e. The van der Waals surface area contributed by atoms with Gasteiger partial charge in [0.05, 0.1) is 30.2 Å². The molecule has 3 aromatic rings. The van der Waals surface area contributed by atoms with E-state index in [4.69, 9.17) is 9.26 Å². The van der Waals surface area contributed by atoms with Crippen molar-refractivity contribution < 1.29 is 14.1 Å². The van der Waals surface area contributed by atoms with Gasteiger partial charge in [0.25, 0.3) is 5.91 Å². The van der Waals surface area contributed by atoms with Crippen molar-refractivity contribution >= 4 is 28.9 Å². The molecule has 1 aromatic carbocycles. The summed E-state index contributed by atoms with van der Waals surface area (Å²) < 4.78 is 10.4. The lowest BCUT2D eigenvalue weighted by Crippen LogP contribution is -2.36. The Hall–Kier alpha value is -3.39. The topological polar surface area (TPSA) is 92.5 Å². The Labute approximate surface area is 162 Å². The zero-order valence-corrected chi connectivity index (χ0v) is 15.5. The lowest BCUT2D eigenvalue weighted by atomic mass is 10.2. The molecule has 0 spiro atoms. The second kappa shape index (κ2) is 8.10. The van der Waals surface area contributed by atoms with Crippen LogP contribution in [0.15, 0.2) is 53.2 Å². The van der Waals surface area contributed by atoms with Gasteiger partial charge in [0.2, 0.25) is 0 Å². The molecule has 1 aliphatic heterocycles. The second-order valence-corrected chi connectivity index (χ2v) is 6.45. The van der Waals surface area contributed by atoms with Crippen molar-refractivity contribution in [2.45, 2.75) is 6.92 Å². The number of carbonyl (C=O) groups excluding carboxylic acids is 1. The summed E-state index contributed by atoms with van der Waals surface area (Å²) in [6.45, 7) is 4.92. The molecule has 0 bridgehead atoms. The molecule has 4 rings (SSSR count). The van der Waals surface area contributed by atoms with Crippen molar-refractivity contribution in [3.8, 4) is 0 Å². The highest BCUT2D eigenvalue weighted by molar-refractivity contribution is 6.03. The first kappa shape index (κ1) is 18.0. The van der Waals surface area contributed by atoms with Gasteiger partial charge in [0.1, 0.15) is 11.6 Å². The molecular weight excluding hydrogens is 358 g/mol. The number of ether oxygens (including phenoxy) is 1. The van der Waals surface area contributed by atoms with Gasteiger partial charge in [-0.2, -0.15) is 0 Å². The Balaban J connectivity index is 1.45. The summed E-state index contributed by atoms with van der Waals surface area (Å²) in [6.07, 6.45) is 1.53. The van der Waals surface area contributed by atoms with Crippen LogP contribution in [0.5, 0.6) is 0 Å². The SMILES string of the molecule is Cc1cc(NC(=O)c2ccc(Nc3ccccc3N3CCOCC3)nc2)no1. The van der Waals surface area contributed by atoms with Crippen LogP contribution in [0.25, 0.3) is 0 Å². The van der Waals surface area contributed by atoms with E-state index >= 15 is 0 Å². The van der Waals surface area contributed by atoms with Crippen LogP contribution in [0, 0.1) is 6.92 Å². The molecule has 1 saturated heterocycles. The van der Waals surface area contributed by atoms with Gasteiger partial charge in [-0.1, -0.05) is 17.3 Å². The predicted molar refractivity (Wildman–Crippen MR) is 106 cm³/mol. The van der Waals surface area contributed by atoms with Crippen LogP contribution in [0.3, 0.4) is 0 Å². The molecule has 28 heavy (non-hydrogen) atoms. The van der Waals surface area contributed by atoms with Gasteiger partial charge < -0.3 is 24.8 Å². The lowest BCUT2D eigenvalue weighted by molar-refractivity contribution is 0.102. The van der Waals surface area contributed by atoms with E-state index in [-0.39, 0.29) is 5.91 Å². The molecule has 1 fully saturated rings. The van der Waals surface area contributed by atoms with E-state index in [1.54, 1.807) is 25.1 Å². The minimum absolute atomic E-state index is 0.291. The number of nitrogens with one attached hydrogen (secondary N) is 2. The number of nitrogens with zero attached hydrogens (tertiary/aromatic N) is 3. The highest BCUT2D eigenvalue weighted by Gasteiger charge is 2.15. The maximum atomic E-state index is 12.3. The number of carbonyl (C=O) groups is 1. The molecular formula is C20H21N5O3.